The van der Waals surface area contributed by atoms with Crippen molar-refractivity contribution in [2.24, 2.45) is 10.9 Å². The summed E-state index contributed by atoms with van der Waals surface area (Å²) in [7, 11) is -3.64. The van der Waals surface area contributed by atoms with E-state index in [4.69, 9.17) is 0 Å². The molecule has 2 N–H and O–H groups in total. The number of aliphatic imine (C=N–C) groups is 1. The van der Waals surface area contributed by atoms with Crippen LogP contribution in [0.4, 0.5) is 5.69 Å². The molecule has 1 aliphatic heterocycles. The Balaban J connectivity index is 1.98. The molecule has 138 valence electrons. The van der Waals surface area contributed by atoms with E-state index < -0.39 is 10.0 Å². The quantitative estimate of drug-likeness (QED) is 0.811. The van der Waals surface area contributed by atoms with Gasteiger partial charge in [0.25, 0.3) is 10.0 Å². The van der Waals surface area contributed by atoms with Crippen LogP contribution in [0.2, 0.25) is 0 Å². The summed E-state index contributed by atoms with van der Waals surface area (Å²) in [5.74, 6) is 0.940. The molecule has 1 aromatic rings. The lowest BCUT2D eigenvalue weighted by molar-refractivity contribution is -0.116. The fraction of sp³-hybridized carbons (Fsp3) is 0.556. The number of nitrogens with zero attached hydrogens (tertiary/aromatic N) is 1. The molecular weight excluding hydrogens is 338 g/mol. The SMILES string of the molecule is CC(C)CCC(=O)Nc1ccc(S(=O)(=O)NC2=NCCCCC2)cc1. The maximum Gasteiger partial charge on any atom is 0.262 e. The number of hydrogen-bond donors (Lipinski definition) is 2. The number of nitrogens with one attached hydrogen (secondary N) is 2. The molecule has 1 aliphatic rings. The van der Waals surface area contributed by atoms with E-state index in [0.29, 0.717) is 36.8 Å². The van der Waals surface area contributed by atoms with E-state index in [9.17, 15) is 13.2 Å². The van der Waals surface area contributed by atoms with Gasteiger partial charge in [0.05, 0.1) is 4.90 Å². The molecule has 0 spiro atoms. The number of amides is 1. The van der Waals surface area contributed by atoms with E-state index in [0.717, 1.165) is 25.7 Å². The minimum atomic E-state index is -3.64. The molecule has 7 heteroatoms. The molecule has 25 heavy (non-hydrogen) atoms. The maximum absolute atomic E-state index is 12.4. The zero-order valence-electron chi connectivity index (χ0n) is 14.9. The van der Waals surface area contributed by atoms with Gasteiger partial charge in [-0.15, -0.1) is 0 Å². The molecule has 0 unspecified atom stereocenters. The first-order chi connectivity index (χ1) is 11.9. The molecule has 0 atom stereocenters. The predicted octanol–water partition coefficient (Wildman–Crippen LogP) is 3.31. The Kier molecular flexibility index (Phi) is 6.99. The first kappa shape index (κ1) is 19.4. The van der Waals surface area contributed by atoms with Crippen molar-refractivity contribution in [1.29, 1.82) is 0 Å². The molecule has 1 amide bonds. The topological polar surface area (TPSA) is 87.6 Å². The van der Waals surface area contributed by atoms with Crippen LogP contribution in [0.1, 0.15) is 52.4 Å². The van der Waals surface area contributed by atoms with Crippen LogP contribution in [0, 0.1) is 5.92 Å². The van der Waals surface area contributed by atoms with Gasteiger partial charge >= 0.3 is 0 Å². The molecule has 0 fully saturated rings. The van der Waals surface area contributed by atoms with Crippen LogP contribution in [-0.4, -0.2) is 26.7 Å². The number of amidine groups is 1. The molecule has 2 rings (SSSR count). The molecule has 6 nitrogen and oxygen atoms in total. The summed E-state index contributed by atoms with van der Waals surface area (Å²) in [6.45, 7) is 4.80. The number of carbonyl (C=O) groups excluding carboxylic acids is 1. The standard InChI is InChI=1S/C18H27N3O3S/c1-14(2)7-12-18(22)20-15-8-10-16(11-9-15)25(23,24)21-17-6-4-3-5-13-19-17/h8-11,14H,3-7,12-13H2,1-2H3,(H,19,21)(H,20,22). The largest absolute Gasteiger partial charge is 0.326 e. The number of benzene rings is 1. The normalized spacial score (nSPS) is 15.4. The third-order valence-electron chi connectivity index (χ3n) is 4.02. The Morgan fingerprint density at radius 2 is 1.88 bits per heavy atom. The molecule has 1 heterocycles. The van der Waals surface area contributed by atoms with E-state index in [2.05, 4.69) is 28.9 Å². The van der Waals surface area contributed by atoms with Crippen molar-refractivity contribution in [2.45, 2.75) is 57.3 Å². The van der Waals surface area contributed by atoms with Crippen LogP contribution in [0.25, 0.3) is 0 Å². The van der Waals surface area contributed by atoms with Crippen LogP contribution in [0.3, 0.4) is 0 Å². The van der Waals surface area contributed by atoms with Gasteiger partial charge in [-0.2, -0.15) is 0 Å². The lowest BCUT2D eigenvalue weighted by Crippen LogP contribution is -2.30. The lowest BCUT2D eigenvalue weighted by atomic mass is 10.1. The first-order valence-corrected chi connectivity index (χ1v) is 10.3. The second-order valence-electron chi connectivity index (χ2n) is 6.75. The van der Waals surface area contributed by atoms with Crippen molar-refractivity contribution in [1.82, 2.24) is 4.72 Å². The van der Waals surface area contributed by atoms with Crippen molar-refractivity contribution in [3.05, 3.63) is 24.3 Å². The Bertz CT molecular complexity index is 710. The second-order valence-corrected chi connectivity index (χ2v) is 8.43. The fourth-order valence-corrected chi connectivity index (χ4v) is 3.62. The predicted molar refractivity (Wildman–Crippen MR) is 100 cm³/mol. The van der Waals surface area contributed by atoms with Gasteiger partial charge in [-0.1, -0.05) is 20.3 Å². The van der Waals surface area contributed by atoms with Gasteiger partial charge in [0.2, 0.25) is 5.91 Å². The van der Waals surface area contributed by atoms with E-state index in [-0.39, 0.29) is 10.8 Å². The van der Waals surface area contributed by atoms with E-state index in [1.54, 1.807) is 12.1 Å². The highest BCUT2D eigenvalue weighted by Crippen LogP contribution is 2.16. The zero-order valence-corrected chi connectivity index (χ0v) is 15.7. The molecule has 0 aromatic heterocycles. The third-order valence-corrected chi connectivity index (χ3v) is 5.42. The van der Waals surface area contributed by atoms with Gasteiger partial charge in [0, 0.05) is 25.1 Å². The Morgan fingerprint density at radius 3 is 2.56 bits per heavy atom. The average Bonchev–Trinajstić information content (AvgIpc) is 2.81. The van der Waals surface area contributed by atoms with Crippen molar-refractivity contribution in [3.8, 4) is 0 Å². The lowest BCUT2D eigenvalue weighted by Gasteiger charge is -2.11. The number of anilines is 1. The average molecular weight is 365 g/mol. The summed E-state index contributed by atoms with van der Waals surface area (Å²) < 4.78 is 27.5. The number of rotatable bonds is 6. The Morgan fingerprint density at radius 1 is 1.16 bits per heavy atom. The molecule has 0 saturated heterocycles. The summed E-state index contributed by atoms with van der Waals surface area (Å²) >= 11 is 0. The summed E-state index contributed by atoms with van der Waals surface area (Å²) in [5.41, 5.74) is 0.597. The first-order valence-electron chi connectivity index (χ1n) is 8.83. The van der Waals surface area contributed by atoms with Crippen LogP contribution in [0.15, 0.2) is 34.2 Å². The molecule has 1 aromatic carbocycles. The van der Waals surface area contributed by atoms with Crippen molar-refractivity contribution >= 4 is 27.5 Å². The van der Waals surface area contributed by atoms with E-state index >= 15 is 0 Å². The van der Waals surface area contributed by atoms with Gasteiger partial charge in [0.1, 0.15) is 5.84 Å². The molecular formula is C18H27N3O3S. The summed E-state index contributed by atoms with van der Waals surface area (Å²) in [6.07, 6.45) is 4.95. The van der Waals surface area contributed by atoms with Crippen molar-refractivity contribution < 1.29 is 13.2 Å². The van der Waals surface area contributed by atoms with Gasteiger partial charge in [-0.25, -0.2) is 8.42 Å². The van der Waals surface area contributed by atoms with Crippen LogP contribution >= 0.6 is 0 Å². The Hall–Kier alpha value is -1.89. The minimum Gasteiger partial charge on any atom is -0.326 e. The summed E-state index contributed by atoms with van der Waals surface area (Å²) in [6, 6.07) is 6.21. The van der Waals surface area contributed by atoms with Gasteiger partial charge in [-0.05, 0) is 49.4 Å². The highest BCUT2D eigenvalue weighted by molar-refractivity contribution is 7.90. The van der Waals surface area contributed by atoms with Crippen LogP contribution in [0.5, 0.6) is 0 Å². The highest BCUT2D eigenvalue weighted by atomic mass is 32.2. The minimum absolute atomic E-state index is 0.0600. The molecule has 0 aliphatic carbocycles. The summed E-state index contributed by atoms with van der Waals surface area (Å²) in [5, 5.41) is 2.79. The maximum atomic E-state index is 12.4. The van der Waals surface area contributed by atoms with Crippen LogP contribution < -0.4 is 10.0 Å². The Labute approximate surface area is 150 Å². The van der Waals surface area contributed by atoms with Gasteiger partial charge < -0.3 is 5.32 Å². The summed E-state index contributed by atoms with van der Waals surface area (Å²) in [4.78, 5) is 16.3. The number of hydrogen-bond acceptors (Lipinski definition) is 4. The molecule has 0 bridgehead atoms. The van der Waals surface area contributed by atoms with Gasteiger partial charge in [0.15, 0.2) is 0 Å². The smallest absolute Gasteiger partial charge is 0.262 e. The van der Waals surface area contributed by atoms with Crippen molar-refractivity contribution in [3.63, 3.8) is 0 Å². The highest BCUT2D eigenvalue weighted by Gasteiger charge is 2.17. The second kappa shape index (κ2) is 8.99. The molecule has 0 saturated carbocycles. The van der Waals surface area contributed by atoms with E-state index in [1.165, 1.54) is 12.1 Å². The third kappa shape index (κ3) is 6.49. The van der Waals surface area contributed by atoms with E-state index in [1.807, 2.05) is 0 Å². The van der Waals surface area contributed by atoms with Crippen LogP contribution in [-0.2, 0) is 14.8 Å². The number of sulfonamides is 1. The molecule has 0 radical (unpaired) electrons. The fourth-order valence-electron chi connectivity index (χ4n) is 2.53. The number of carbonyl (C=O) groups is 1. The van der Waals surface area contributed by atoms with Crippen molar-refractivity contribution in [2.75, 3.05) is 11.9 Å². The zero-order chi connectivity index (χ0) is 18.3. The van der Waals surface area contributed by atoms with Gasteiger partial charge in [-0.3, -0.25) is 14.5 Å². The monoisotopic (exact) mass is 365 g/mol.